The topological polar surface area (TPSA) is 32.3 Å². The summed E-state index contributed by atoms with van der Waals surface area (Å²) in [5.41, 5.74) is 4.00. The monoisotopic (exact) mass is 410 g/mol. The van der Waals surface area contributed by atoms with Crippen LogP contribution in [-0.4, -0.2) is 40.5 Å². The molecule has 0 unspecified atom stereocenters. The number of hydrogen-bond donors (Lipinski definition) is 0. The van der Waals surface area contributed by atoms with Crippen LogP contribution in [0.4, 0.5) is 5.82 Å². The van der Waals surface area contributed by atoms with E-state index in [1.807, 2.05) is 6.07 Å². The summed E-state index contributed by atoms with van der Waals surface area (Å²) in [6, 6.07) is 17.9. The van der Waals surface area contributed by atoms with Crippen LogP contribution in [0.1, 0.15) is 38.8 Å². The van der Waals surface area contributed by atoms with Gasteiger partial charge in [-0.2, -0.15) is 0 Å². The van der Waals surface area contributed by atoms with E-state index >= 15 is 0 Å². The van der Waals surface area contributed by atoms with Crippen molar-refractivity contribution in [1.82, 2.24) is 14.9 Å². The fraction of sp³-hybridized carbons (Fsp3) is 0.417. The minimum atomic E-state index is 0. The van der Waals surface area contributed by atoms with E-state index in [9.17, 15) is 0 Å². The zero-order chi connectivity index (χ0) is 19.7. The van der Waals surface area contributed by atoms with E-state index < -0.39 is 0 Å². The molecule has 3 aromatic rings. The predicted molar refractivity (Wildman–Crippen MR) is 124 cm³/mol. The molecule has 2 heterocycles. The molecule has 0 spiro atoms. The van der Waals surface area contributed by atoms with Crippen molar-refractivity contribution in [3.63, 3.8) is 0 Å². The summed E-state index contributed by atoms with van der Waals surface area (Å²) in [7, 11) is 0. The molecule has 29 heavy (non-hydrogen) atoms. The van der Waals surface area contributed by atoms with Gasteiger partial charge in [-0.05, 0) is 35.6 Å². The molecule has 1 aromatic heterocycles. The molecule has 154 valence electrons. The average molecular weight is 411 g/mol. The Morgan fingerprint density at radius 3 is 2.38 bits per heavy atom. The summed E-state index contributed by atoms with van der Waals surface area (Å²) in [6.45, 7) is 13.1. The molecule has 1 aliphatic heterocycles. The van der Waals surface area contributed by atoms with Crippen LogP contribution >= 0.6 is 12.4 Å². The SMILES string of the molecule is C[C@@H]1CN(c2ncnc3ccccc23)CCN1Cc1ccc(C(C)(C)C)cc1.Cl. The third-order valence-corrected chi connectivity index (χ3v) is 5.79. The second kappa shape index (κ2) is 8.68. The van der Waals surface area contributed by atoms with Crippen LogP contribution in [0.25, 0.3) is 10.9 Å². The fourth-order valence-electron chi connectivity index (χ4n) is 4.01. The fourth-order valence-corrected chi connectivity index (χ4v) is 4.01. The Bertz CT molecular complexity index is 944. The summed E-state index contributed by atoms with van der Waals surface area (Å²) in [6.07, 6.45) is 1.69. The largest absolute Gasteiger partial charge is 0.353 e. The van der Waals surface area contributed by atoms with E-state index in [-0.39, 0.29) is 17.8 Å². The van der Waals surface area contributed by atoms with Gasteiger partial charge in [0, 0.05) is 37.6 Å². The normalized spacial score (nSPS) is 17.9. The second-order valence-electron chi connectivity index (χ2n) is 8.93. The minimum Gasteiger partial charge on any atom is -0.353 e. The summed E-state index contributed by atoms with van der Waals surface area (Å²) >= 11 is 0. The highest BCUT2D eigenvalue weighted by molar-refractivity contribution is 5.89. The standard InChI is InChI=1S/C24H30N4.ClH/c1-18-15-28(23-21-7-5-6-8-22(21)25-17-26-23)14-13-27(18)16-19-9-11-20(12-10-19)24(2,3)4;/h5-12,17-18H,13-16H2,1-4H3;1H/t18-;/m1./s1. The van der Waals surface area contributed by atoms with Crippen LogP contribution in [0.3, 0.4) is 0 Å². The Balaban J connectivity index is 0.00000240. The summed E-state index contributed by atoms with van der Waals surface area (Å²) in [4.78, 5) is 14.0. The highest BCUT2D eigenvalue weighted by Crippen LogP contribution is 2.26. The smallest absolute Gasteiger partial charge is 0.139 e. The first-order chi connectivity index (χ1) is 13.4. The first kappa shape index (κ1) is 21.5. The van der Waals surface area contributed by atoms with Gasteiger partial charge in [-0.1, -0.05) is 57.2 Å². The number of aromatic nitrogens is 2. The Hall–Kier alpha value is -2.17. The molecular weight excluding hydrogens is 380 g/mol. The average Bonchev–Trinajstić information content (AvgIpc) is 2.69. The lowest BCUT2D eigenvalue weighted by Crippen LogP contribution is -2.51. The molecule has 1 atom stereocenters. The van der Waals surface area contributed by atoms with Crippen molar-refractivity contribution in [3.8, 4) is 0 Å². The maximum Gasteiger partial charge on any atom is 0.139 e. The lowest BCUT2D eigenvalue weighted by Gasteiger charge is -2.40. The number of hydrogen-bond acceptors (Lipinski definition) is 4. The highest BCUT2D eigenvalue weighted by Gasteiger charge is 2.25. The number of halogens is 1. The number of fused-ring (bicyclic) bond motifs is 1. The Kier molecular flexibility index (Phi) is 6.45. The number of para-hydroxylation sites is 1. The molecule has 4 nitrogen and oxygen atoms in total. The zero-order valence-corrected chi connectivity index (χ0v) is 18.6. The van der Waals surface area contributed by atoms with Crippen LogP contribution in [0.2, 0.25) is 0 Å². The van der Waals surface area contributed by atoms with E-state index in [0.717, 1.165) is 42.9 Å². The molecule has 1 fully saturated rings. The Morgan fingerprint density at radius 1 is 0.966 bits per heavy atom. The van der Waals surface area contributed by atoms with E-state index in [1.54, 1.807) is 6.33 Å². The molecule has 0 radical (unpaired) electrons. The molecule has 1 saturated heterocycles. The lowest BCUT2D eigenvalue weighted by molar-refractivity contribution is 0.180. The van der Waals surface area contributed by atoms with Gasteiger partial charge in [0.05, 0.1) is 5.52 Å². The van der Waals surface area contributed by atoms with Crippen LogP contribution in [0.15, 0.2) is 54.9 Å². The van der Waals surface area contributed by atoms with Crippen LogP contribution in [0, 0.1) is 0 Å². The first-order valence-corrected chi connectivity index (χ1v) is 10.2. The molecule has 0 bridgehead atoms. The van der Waals surface area contributed by atoms with Gasteiger partial charge in [0.15, 0.2) is 0 Å². The minimum absolute atomic E-state index is 0. The summed E-state index contributed by atoms with van der Waals surface area (Å²) < 4.78 is 0. The van der Waals surface area contributed by atoms with Crippen molar-refractivity contribution >= 4 is 29.1 Å². The summed E-state index contributed by atoms with van der Waals surface area (Å²) in [5, 5.41) is 1.14. The van der Waals surface area contributed by atoms with E-state index in [1.165, 1.54) is 11.1 Å². The maximum absolute atomic E-state index is 4.60. The number of anilines is 1. The molecule has 5 heteroatoms. The van der Waals surface area contributed by atoms with Gasteiger partial charge in [-0.15, -0.1) is 12.4 Å². The lowest BCUT2D eigenvalue weighted by atomic mass is 9.86. The van der Waals surface area contributed by atoms with Crippen molar-refractivity contribution in [2.45, 2.75) is 45.7 Å². The third-order valence-electron chi connectivity index (χ3n) is 5.79. The maximum atomic E-state index is 4.60. The molecule has 2 aromatic carbocycles. The van der Waals surface area contributed by atoms with Gasteiger partial charge in [0.1, 0.15) is 12.1 Å². The van der Waals surface area contributed by atoms with E-state index in [0.29, 0.717) is 6.04 Å². The highest BCUT2D eigenvalue weighted by atomic mass is 35.5. The predicted octanol–water partition coefficient (Wildman–Crippen LogP) is 5.06. The van der Waals surface area contributed by atoms with Crippen molar-refractivity contribution in [2.75, 3.05) is 24.5 Å². The van der Waals surface area contributed by atoms with Gasteiger partial charge in [-0.25, -0.2) is 9.97 Å². The number of nitrogens with zero attached hydrogens (tertiary/aromatic N) is 4. The van der Waals surface area contributed by atoms with Crippen LogP contribution in [0.5, 0.6) is 0 Å². The number of benzene rings is 2. The molecule has 0 amide bonds. The van der Waals surface area contributed by atoms with Gasteiger partial charge in [-0.3, -0.25) is 4.90 Å². The van der Waals surface area contributed by atoms with Crippen LogP contribution in [-0.2, 0) is 12.0 Å². The quantitative estimate of drug-likeness (QED) is 0.604. The van der Waals surface area contributed by atoms with Crippen LogP contribution < -0.4 is 4.90 Å². The molecule has 1 aliphatic rings. The zero-order valence-electron chi connectivity index (χ0n) is 17.8. The van der Waals surface area contributed by atoms with Crippen molar-refractivity contribution in [2.24, 2.45) is 0 Å². The first-order valence-electron chi connectivity index (χ1n) is 10.2. The molecule has 4 rings (SSSR count). The van der Waals surface area contributed by atoms with Crippen molar-refractivity contribution < 1.29 is 0 Å². The summed E-state index contributed by atoms with van der Waals surface area (Å²) in [5.74, 6) is 1.06. The van der Waals surface area contributed by atoms with Gasteiger partial charge >= 0.3 is 0 Å². The van der Waals surface area contributed by atoms with Gasteiger partial charge < -0.3 is 4.90 Å². The Morgan fingerprint density at radius 2 is 1.69 bits per heavy atom. The van der Waals surface area contributed by atoms with Gasteiger partial charge in [0.2, 0.25) is 0 Å². The molecular formula is C24H31ClN4. The Labute approximate surface area is 180 Å². The third kappa shape index (κ3) is 4.71. The van der Waals surface area contributed by atoms with Crippen molar-refractivity contribution in [3.05, 3.63) is 66.0 Å². The van der Waals surface area contributed by atoms with Crippen molar-refractivity contribution in [1.29, 1.82) is 0 Å². The molecule has 0 aliphatic carbocycles. The second-order valence-corrected chi connectivity index (χ2v) is 8.93. The molecule has 0 N–H and O–H groups in total. The van der Waals surface area contributed by atoms with E-state index in [2.05, 4.69) is 89.9 Å². The molecule has 0 saturated carbocycles. The number of rotatable bonds is 3. The number of piperazine rings is 1. The van der Waals surface area contributed by atoms with Gasteiger partial charge in [0.25, 0.3) is 0 Å². The van der Waals surface area contributed by atoms with E-state index in [4.69, 9.17) is 0 Å².